The quantitative estimate of drug-likeness (QED) is 0.534. The summed E-state index contributed by atoms with van der Waals surface area (Å²) in [5, 5.41) is 0. The topological polar surface area (TPSA) is 84.2 Å². The second kappa shape index (κ2) is 5.66. The highest BCUT2D eigenvalue weighted by Crippen LogP contribution is 2.13. The molecule has 1 unspecified atom stereocenters. The highest BCUT2D eigenvalue weighted by atomic mass is 35.5. The number of halogens is 4. The summed E-state index contributed by atoms with van der Waals surface area (Å²) >= 11 is 0. The Kier molecular flexibility index (Phi) is 6.24. The van der Waals surface area contributed by atoms with Crippen LogP contribution in [0.25, 0.3) is 0 Å². The van der Waals surface area contributed by atoms with Gasteiger partial charge < -0.3 is 5.73 Å². The fourth-order valence-electron chi connectivity index (χ4n) is 0.303. The molecule has 0 radical (unpaired) electrons. The molecule has 2 amide bonds. The van der Waals surface area contributed by atoms with E-state index in [-0.39, 0.29) is 12.4 Å². The van der Waals surface area contributed by atoms with Crippen molar-refractivity contribution in [2.24, 2.45) is 5.73 Å². The Bertz CT molecular complexity index is 219. The molecule has 0 aliphatic rings. The fraction of sp³-hybridized carbons (Fsp3) is 0.600. The molecular formula is C5H9ClF3N3O2. The predicted octanol–water partition coefficient (Wildman–Crippen LogP) is -0.535. The summed E-state index contributed by atoms with van der Waals surface area (Å²) < 4.78 is 34.5. The molecule has 0 aromatic heterocycles. The van der Waals surface area contributed by atoms with Crippen LogP contribution in [-0.2, 0) is 9.59 Å². The fourth-order valence-corrected chi connectivity index (χ4v) is 0.303. The number of rotatable bonds is 1. The van der Waals surface area contributed by atoms with Crippen LogP contribution in [0.15, 0.2) is 0 Å². The van der Waals surface area contributed by atoms with Crippen LogP contribution in [0.4, 0.5) is 13.2 Å². The van der Waals surface area contributed by atoms with Crippen LogP contribution in [0.5, 0.6) is 0 Å². The lowest BCUT2D eigenvalue weighted by Gasteiger charge is -2.10. The lowest BCUT2D eigenvalue weighted by Crippen LogP contribution is -2.51. The van der Waals surface area contributed by atoms with Crippen molar-refractivity contribution in [1.29, 1.82) is 0 Å². The van der Waals surface area contributed by atoms with Crippen molar-refractivity contribution in [3.05, 3.63) is 0 Å². The van der Waals surface area contributed by atoms with Crippen LogP contribution in [-0.4, -0.2) is 24.0 Å². The normalized spacial score (nSPS) is 12.4. The number of carbonyl (C=O) groups excluding carboxylic acids is 2. The van der Waals surface area contributed by atoms with Gasteiger partial charge in [-0.05, 0) is 6.92 Å². The van der Waals surface area contributed by atoms with Gasteiger partial charge in [0.15, 0.2) is 0 Å². The van der Waals surface area contributed by atoms with Crippen LogP contribution in [0.3, 0.4) is 0 Å². The third-order valence-corrected chi connectivity index (χ3v) is 0.970. The summed E-state index contributed by atoms with van der Waals surface area (Å²) in [6.07, 6.45) is -5.02. The van der Waals surface area contributed by atoms with Gasteiger partial charge in [-0.15, -0.1) is 12.4 Å². The first-order valence-corrected chi connectivity index (χ1v) is 3.17. The zero-order valence-electron chi connectivity index (χ0n) is 7.01. The number of nitrogens with one attached hydrogen (secondary N) is 2. The van der Waals surface area contributed by atoms with E-state index in [1.165, 1.54) is 12.3 Å². The average molecular weight is 236 g/mol. The van der Waals surface area contributed by atoms with Crippen LogP contribution < -0.4 is 16.6 Å². The van der Waals surface area contributed by atoms with E-state index in [1.807, 2.05) is 0 Å². The van der Waals surface area contributed by atoms with E-state index in [4.69, 9.17) is 5.73 Å². The Hall–Kier alpha value is -1.02. The van der Waals surface area contributed by atoms with Crippen molar-refractivity contribution in [1.82, 2.24) is 10.9 Å². The third-order valence-electron chi connectivity index (χ3n) is 0.970. The van der Waals surface area contributed by atoms with E-state index >= 15 is 0 Å². The molecule has 0 aliphatic carbocycles. The Labute approximate surface area is 83.6 Å². The summed E-state index contributed by atoms with van der Waals surface area (Å²) in [5.41, 5.74) is 7.65. The van der Waals surface area contributed by atoms with Gasteiger partial charge in [-0.3, -0.25) is 20.4 Å². The van der Waals surface area contributed by atoms with Crippen molar-refractivity contribution in [2.75, 3.05) is 0 Å². The molecule has 1 atom stereocenters. The Morgan fingerprint density at radius 1 is 1.29 bits per heavy atom. The number of carbonyl (C=O) groups is 2. The first kappa shape index (κ1) is 15.5. The van der Waals surface area contributed by atoms with Crippen molar-refractivity contribution >= 4 is 24.2 Å². The Morgan fingerprint density at radius 2 is 1.71 bits per heavy atom. The molecule has 4 N–H and O–H groups in total. The number of amides is 2. The largest absolute Gasteiger partial charge is 0.472 e. The van der Waals surface area contributed by atoms with Gasteiger partial charge in [-0.1, -0.05) is 0 Å². The van der Waals surface area contributed by atoms with Gasteiger partial charge in [0.25, 0.3) is 5.91 Å². The number of nitrogens with two attached hydrogens (primary N) is 1. The molecule has 9 heteroatoms. The smallest absolute Gasteiger partial charge is 0.320 e. The molecule has 0 aromatic rings. The zero-order chi connectivity index (χ0) is 10.6. The van der Waals surface area contributed by atoms with Gasteiger partial charge in [-0.25, -0.2) is 0 Å². The molecule has 0 aliphatic heterocycles. The van der Waals surface area contributed by atoms with Gasteiger partial charge in [0.1, 0.15) is 0 Å². The molecule has 0 heterocycles. The third kappa shape index (κ3) is 5.60. The highest BCUT2D eigenvalue weighted by molar-refractivity contribution is 5.87. The maximum Gasteiger partial charge on any atom is 0.472 e. The average Bonchev–Trinajstić information content (AvgIpc) is 1.97. The second-order valence-electron chi connectivity index (χ2n) is 2.23. The van der Waals surface area contributed by atoms with Crippen LogP contribution in [0.2, 0.25) is 0 Å². The lowest BCUT2D eigenvalue weighted by molar-refractivity contribution is -0.175. The molecule has 0 rings (SSSR count). The van der Waals surface area contributed by atoms with Crippen molar-refractivity contribution in [2.45, 2.75) is 19.1 Å². The SMILES string of the molecule is CC(N)C(=O)NNC(=O)C(F)(F)F.Cl. The molecule has 84 valence electrons. The van der Waals surface area contributed by atoms with Crippen LogP contribution in [0.1, 0.15) is 6.92 Å². The Balaban J connectivity index is 0. The molecule has 14 heavy (non-hydrogen) atoms. The number of hydrogen-bond donors (Lipinski definition) is 3. The van der Waals surface area contributed by atoms with Gasteiger partial charge in [-0.2, -0.15) is 13.2 Å². The molecule has 0 aromatic carbocycles. The minimum absolute atomic E-state index is 0. The van der Waals surface area contributed by atoms with Crippen molar-refractivity contribution < 1.29 is 22.8 Å². The zero-order valence-corrected chi connectivity index (χ0v) is 7.83. The maximum atomic E-state index is 11.5. The Morgan fingerprint density at radius 3 is 2.00 bits per heavy atom. The van der Waals surface area contributed by atoms with Gasteiger partial charge in [0.2, 0.25) is 0 Å². The summed E-state index contributed by atoms with van der Waals surface area (Å²) in [5.74, 6) is -3.15. The van der Waals surface area contributed by atoms with E-state index in [0.29, 0.717) is 0 Å². The lowest BCUT2D eigenvalue weighted by atomic mass is 10.3. The second-order valence-corrected chi connectivity index (χ2v) is 2.23. The molecular weight excluding hydrogens is 227 g/mol. The van der Waals surface area contributed by atoms with Crippen LogP contribution >= 0.6 is 12.4 Å². The summed E-state index contributed by atoms with van der Waals surface area (Å²) in [6.45, 7) is 1.26. The molecule has 0 spiro atoms. The standard InChI is InChI=1S/C5H8F3N3O2.ClH/c1-2(9)3(12)10-11-4(13)5(6,7)8;/h2H,9H2,1H3,(H,10,12)(H,11,13);1H. The number of hydrazine groups is 1. The summed E-state index contributed by atoms with van der Waals surface area (Å²) in [7, 11) is 0. The molecule has 0 fully saturated rings. The van der Waals surface area contributed by atoms with Gasteiger partial charge in [0, 0.05) is 0 Å². The summed E-state index contributed by atoms with van der Waals surface area (Å²) in [4.78, 5) is 20.7. The van der Waals surface area contributed by atoms with Gasteiger partial charge >= 0.3 is 12.1 Å². The molecule has 5 nitrogen and oxygen atoms in total. The monoisotopic (exact) mass is 235 g/mol. The maximum absolute atomic E-state index is 11.5. The van der Waals surface area contributed by atoms with E-state index in [9.17, 15) is 22.8 Å². The molecule has 0 saturated carbocycles. The number of alkyl halides is 3. The minimum atomic E-state index is -5.02. The van der Waals surface area contributed by atoms with E-state index in [1.54, 1.807) is 0 Å². The van der Waals surface area contributed by atoms with Crippen molar-refractivity contribution in [3.8, 4) is 0 Å². The highest BCUT2D eigenvalue weighted by Gasteiger charge is 2.38. The first-order valence-electron chi connectivity index (χ1n) is 3.17. The minimum Gasteiger partial charge on any atom is -0.320 e. The van der Waals surface area contributed by atoms with Gasteiger partial charge in [0.05, 0.1) is 6.04 Å². The van der Waals surface area contributed by atoms with Crippen LogP contribution in [0, 0.1) is 0 Å². The van der Waals surface area contributed by atoms with E-state index in [2.05, 4.69) is 0 Å². The number of hydrogen-bond acceptors (Lipinski definition) is 3. The molecule has 0 bridgehead atoms. The summed E-state index contributed by atoms with van der Waals surface area (Å²) in [6, 6.07) is -0.992. The first-order chi connectivity index (χ1) is 5.75. The van der Waals surface area contributed by atoms with Crippen molar-refractivity contribution in [3.63, 3.8) is 0 Å². The van der Waals surface area contributed by atoms with E-state index < -0.39 is 24.0 Å². The van der Waals surface area contributed by atoms with E-state index in [0.717, 1.165) is 5.43 Å². The predicted molar refractivity (Wildman–Crippen MR) is 43.2 cm³/mol. The molecule has 0 saturated heterocycles.